The van der Waals surface area contributed by atoms with Gasteiger partial charge in [0.25, 0.3) is 0 Å². The van der Waals surface area contributed by atoms with Gasteiger partial charge in [0.15, 0.2) is 0 Å². The first-order valence-electron chi connectivity index (χ1n) is 5.15. The van der Waals surface area contributed by atoms with Crippen LogP contribution in [0.5, 0.6) is 0 Å². The maximum atomic E-state index is 3.47. The van der Waals surface area contributed by atoms with E-state index in [1.807, 2.05) is 0 Å². The zero-order valence-corrected chi connectivity index (χ0v) is 8.27. The van der Waals surface area contributed by atoms with E-state index in [0.29, 0.717) is 5.54 Å². The highest BCUT2D eigenvalue weighted by Gasteiger charge is 2.43. The van der Waals surface area contributed by atoms with Gasteiger partial charge in [-0.25, -0.2) is 0 Å². The Balaban J connectivity index is 1.86. The van der Waals surface area contributed by atoms with Crippen molar-refractivity contribution in [2.45, 2.75) is 43.7 Å². The van der Waals surface area contributed by atoms with Crippen molar-refractivity contribution in [3.8, 4) is 0 Å². The number of hydrogen-bond donors (Lipinski definition) is 1. The zero-order valence-electron chi connectivity index (χ0n) is 8.27. The Morgan fingerprint density at radius 3 is 2.67 bits per heavy atom. The third kappa shape index (κ3) is 1.50. The fourth-order valence-corrected chi connectivity index (χ4v) is 2.40. The van der Waals surface area contributed by atoms with E-state index in [-0.39, 0.29) is 0 Å². The van der Waals surface area contributed by atoms with Crippen molar-refractivity contribution < 1.29 is 0 Å². The van der Waals surface area contributed by atoms with Gasteiger partial charge in [-0.2, -0.15) is 0 Å². The van der Waals surface area contributed by atoms with Gasteiger partial charge < -0.3 is 10.2 Å². The molecule has 12 heavy (non-hydrogen) atoms. The van der Waals surface area contributed by atoms with Crippen LogP contribution < -0.4 is 5.32 Å². The molecule has 0 radical (unpaired) electrons. The van der Waals surface area contributed by atoms with Crippen molar-refractivity contribution in [3.63, 3.8) is 0 Å². The molecular weight excluding hydrogens is 148 g/mol. The van der Waals surface area contributed by atoms with Crippen molar-refractivity contribution in [2.75, 3.05) is 20.6 Å². The molecule has 1 unspecified atom stereocenters. The molecule has 2 aliphatic rings. The van der Waals surface area contributed by atoms with Crippen LogP contribution in [0, 0.1) is 0 Å². The van der Waals surface area contributed by atoms with Crippen LogP contribution in [0.3, 0.4) is 0 Å². The van der Waals surface area contributed by atoms with E-state index in [0.717, 1.165) is 6.04 Å². The van der Waals surface area contributed by atoms with E-state index in [9.17, 15) is 0 Å². The van der Waals surface area contributed by atoms with Crippen molar-refractivity contribution in [2.24, 2.45) is 0 Å². The van der Waals surface area contributed by atoms with Gasteiger partial charge in [0.1, 0.15) is 0 Å². The Bertz CT molecular complexity index is 163. The van der Waals surface area contributed by atoms with E-state index in [1.54, 1.807) is 0 Å². The molecule has 1 saturated heterocycles. The number of likely N-dealkylation sites (tertiary alicyclic amines) is 1. The first kappa shape index (κ1) is 8.52. The third-order valence-corrected chi connectivity index (χ3v) is 3.68. The maximum Gasteiger partial charge on any atom is 0.0194 e. The minimum atomic E-state index is 0.545. The fourth-order valence-electron chi connectivity index (χ4n) is 2.40. The van der Waals surface area contributed by atoms with Crippen LogP contribution >= 0.6 is 0 Å². The molecule has 1 heterocycles. The summed E-state index contributed by atoms with van der Waals surface area (Å²) in [5, 5.41) is 3.47. The van der Waals surface area contributed by atoms with E-state index >= 15 is 0 Å². The first-order chi connectivity index (χ1) is 5.76. The Kier molecular flexibility index (Phi) is 2.13. The first-order valence-corrected chi connectivity index (χ1v) is 5.15. The minimum Gasteiger partial charge on any atom is -0.314 e. The predicted octanol–water partition coefficient (Wildman–Crippen LogP) is 1.22. The van der Waals surface area contributed by atoms with Gasteiger partial charge in [-0.1, -0.05) is 0 Å². The number of nitrogens with zero attached hydrogens (tertiary/aromatic N) is 1. The molecule has 0 spiro atoms. The number of nitrogens with one attached hydrogen (secondary N) is 1. The molecule has 1 N–H and O–H groups in total. The number of hydrogen-bond acceptors (Lipinski definition) is 2. The molecule has 0 aromatic heterocycles. The Labute approximate surface area is 75.3 Å². The maximum absolute atomic E-state index is 3.47. The molecule has 1 aliphatic carbocycles. The average Bonchev–Trinajstić information content (AvgIpc) is 2.74. The highest BCUT2D eigenvalue weighted by Crippen LogP contribution is 2.41. The molecule has 2 rings (SSSR count). The second-order valence-electron chi connectivity index (χ2n) is 4.51. The third-order valence-electron chi connectivity index (χ3n) is 3.68. The lowest BCUT2D eigenvalue weighted by atomic mass is 10.0. The molecule has 1 saturated carbocycles. The summed E-state index contributed by atoms with van der Waals surface area (Å²) in [7, 11) is 4.38. The smallest absolute Gasteiger partial charge is 0.0194 e. The second-order valence-corrected chi connectivity index (χ2v) is 4.51. The molecule has 0 amide bonds. The molecule has 2 nitrogen and oxygen atoms in total. The summed E-state index contributed by atoms with van der Waals surface area (Å²) in [6, 6.07) is 0.861. The molecule has 70 valence electrons. The van der Waals surface area contributed by atoms with Crippen LogP contribution in [0.25, 0.3) is 0 Å². The van der Waals surface area contributed by atoms with Gasteiger partial charge >= 0.3 is 0 Å². The van der Waals surface area contributed by atoms with Gasteiger partial charge in [0, 0.05) is 11.6 Å². The van der Waals surface area contributed by atoms with E-state index < -0.39 is 0 Å². The van der Waals surface area contributed by atoms with Crippen molar-refractivity contribution >= 4 is 0 Å². The highest BCUT2D eigenvalue weighted by atomic mass is 15.2. The van der Waals surface area contributed by atoms with Crippen LogP contribution in [-0.4, -0.2) is 37.1 Å². The molecular formula is C10H20N2. The van der Waals surface area contributed by atoms with Gasteiger partial charge in [0.05, 0.1) is 0 Å². The molecule has 0 bridgehead atoms. The predicted molar refractivity (Wildman–Crippen MR) is 51.3 cm³/mol. The molecule has 2 fully saturated rings. The van der Waals surface area contributed by atoms with Crippen molar-refractivity contribution in [1.29, 1.82) is 0 Å². The lowest BCUT2D eigenvalue weighted by Crippen LogP contribution is -2.36. The van der Waals surface area contributed by atoms with Gasteiger partial charge in [-0.05, 0) is 52.7 Å². The summed E-state index contributed by atoms with van der Waals surface area (Å²) in [6.45, 7) is 1.31. The number of rotatable bonds is 3. The molecule has 2 heteroatoms. The van der Waals surface area contributed by atoms with Crippen LogP contribution in [0.15, 0.2) is 0 Å². The monoisotopic (exact) mass is 168 g/mol. The Morgan fingerprint density at radius 2 is 2.25 bits per heavy atom. The minimum absolute atomic E-state index is 0.545. The van der Waals surface area contributed by atoms with Crippen LogP contribution in [-0.2, 0) is 0 Å². The summed E-state index contributed by atoms with van der Waals surface area (Å²) < 4.78 is 0. The summed E-state index contributed by atoms with van der Waals surface area (Å²) in [6.07, 6.45) is 6.99. The standard InChI is InChI=1S/C10H20N2/c1-11-10(5-6-10)8-9-4-3-7-12(9)2/h9,11H,3-8H2,1-2H3. The molecule has 0 aromatic rings. The Hall–Kier alpha value is -0.0800. The van der Waals surface area contributed by atoms with E-state index in [1.165, 1.54) is 38.6 Å². The average molecular weight is 168 g/mol. The van der Waals surface area contributed by atoms with Crippen LogP contribution in [0.2, 0.25) is 0 Å². The second kappa shape index (κ2) is 3.00. The lowest BCUT2D eigenvalue weighted by Gasteiger charge is -2.24. The Morgan fingerprint density at radius 1 is 1.50 bits per heavy atom. The van der Waals surface area contributed by atoms with Gasteiger partial charge in [0.2, 0.25) is 0 Å². The zero-order chi connectivity index (χ0) is 8.60. The summed E-state index contributed by atoms with van der Waals surface area (Å²) in [4.78, 5) is 2.53. The van der Waals surface area contributed by atoms with E-state index in [4.69, 9.17) is 0 Å². The lowest BCUT2D eigenvalue weighted by molar-refractivity contribution is 0.266. The summed E-state index contributed by atoms with van der Waals surface area (Å²) in [5.74, 6) is 0. The van der Waals surface area contributed by atoms with Crippen LogP contribution in [0.1, 0.15) is 32.1 Å². The van der Waals surface area contributed by atoms with Gasteiger partial charge in [-0.3, -0.25) is 0 Å². The fraction of sp³-hybridized carbons (Fsp3) is 1.00. The quantitative estimate of drug-likeness (QED) is 0.681. The SMILES string of the molecule is CNC1(CC2CCCN2C)CC1. The summed E-state index contributed by atoms with van der Waals surface area (Å²) in [5.41, 5.74) is 0.545. The van der Waals surface area contributed by atoms with Gasteiger partial charge in [-0.15, -0.1) is 0 Å². The topological polar surface area (TPSA) is 15.3 Å². The normalized spacial score (nSPS) is 34.0. The molecule has 1 aliphatic heterocycles. The summed E-state index contributed by atoms with van der Waals surface area (Å²) >= 11 is 0. The van der Waals surface area contributed by atoms with Crippen molar-refractivity contribution in [3.05, 3.63) is 0 Å². The van der Waals surface area contributed by atoms with Crippen molar-refractivity contribution in [1.82, 2.24) is 10.2 Å². The van der Waals surface area contributed by atoms with Crippen LogP contribution in [0.4, 0.5) is 0 Å². The largest absolute Gasteiger partial charge is 0.314 e. The highest BCUT2D eigenvalue weighted by molar-refractivity contribution is 5.04. The molecule has 0 aromatic carbocycles. The van der Waals surface area contributed by atoms with E-state index in [2.05, 4.69) is 24.3 Å². The molecule has 1 atom stereocenters.